The van der Waals surface area contributed by atoms with Crippen molar-refractivity contribution >= 4 is 29.5 Å². The fraction of sp³-hybridized carbons (Fsp3) is 0.222. The van der Waals surface area contributed by atoms with Crippen LogP contribution in [0.25, 0.3) is 12.2 Å². The molecule has 2 aliphatic heterocycles. The van der Waals surface area contributed by atoms with E-state index in [2.05, 4.69) is 28.4 Å². The van der Waals surface area contributed by atoms with Gasteiger partial charge in [-0.1, -0.05) is 25.1 Å². The van der Waals surface area contributed by atoms with Gasteiger partial charge in [-0.05, 0) is 42.7 Å². The van der Waals surface area contributed by atoms with Crippen molar-refractivity contribution in [2.75, 3.05) is 12.1 Å². The van der Waals surface area contributed by atoms with Crippen LogP contribution in [0.15, 0.2) is 18.2 Å². The Morgan fingerprint density at radius 3 is 2.75 bits per heavy atom. The monoisotopic (exact) mass is 322 g/mol. The van der Waals surface area contributed by atoms with Crippen LogP contribution in [0.4, 0.5) is 5.82 Å². The van der Waals surface area contributed by atoms with Crippen molar-refractivity contribution in [3.05, 3.63) is 52.5 Å². The van der Waals surface area contributed by atoms with Gasteiger partial charge in [0, 0.05) is 0 Å². The number of benzene rings is 1. The highest BCUT2D eigenvalue weighted by Gasteiger charge is 2.34. The number of carbonyl (C=O) groups excluding carboxylic acids is 2. The number of Topliss-reactive ketones (excluding diaryl/α,β-unsaturated/α-hetero) is 2. The molecule has 2 aliphatic rings. The van der Waals surface area contributed by atoms with Crippen LogP contribution in [0.5, 0.6) is 0 Å². The molecule has 0 unspecified atom stereocenters. The standard InChI is InChI=1S/C18H16N3O3/c1-3-11-7-5-6-8-12(11)9-10-13-14-15(22)16(23)18(19-13)20-17(14)21-24-4-2/h5,7-10H,3-4H2,1-2H3,(H,19,20,21). The maximum atomic E-state index is 12.2. The quantitative estimate of drug-likeness (QED) is 0.650. The molecule has 4 rings (SSSR count). The van der Waals surface area contributed by atoms with Gasteiger partial charge in [-0.15, -0.1) is 0 Å². The van der Waals surface area contributed by atoms with Crippen LogP contribution in [0, 0.1) is 6.07 Å². The first-order valence-electron chi connectivity index (χ1n) is 7.71. The number of ketones is 2. The number of nitrogens with zero attached hydrogens (tertiary/aromatic N) is 2. The van der Waals surface area contributed by atoms with Gasteiger partial charge < -0.3 is 0 Å². The predicted octanol–water partition coefficient (Wildman–Crippen LogP) is 2.75. The number of hydrogen-bond acceptors (Lipinski definition) is 6. The van der Waals surface area contributed by atoms with Crippen molar-refractivity contribution in [3.8, 4) is 0 Å². The smallest absolute Gasteiger partial charge is 0.270 e. The fourth-order valence-electron chi connectivity index (χ4n) is 2.47. The van der Waals surface area contributed by atoms with Crippen LogP contribution < -0.4 is 5.48 Å². The average Bonchev–Trinajstić information content (AvgIpc) is 2.62. The van der Waals surface area contributed by atoms with E-state index in [1.807, 2.05) is 24.3 Å². The molecule has 6 nitrogen and oxygen atoms in total. The van der Waals surface area contributed by atoms with Gasteiger partial charge >= 0.3 is 0 Å². The molecule has 3 heterocycles. The second kappa shape index (κ2) is 6.72. The number of rotatable bonds is 6. The molecule has 24 heavy (non-hydrogen) atoms. The van der Waals surface area contributed by atoms with E-state index < -0.39 is 11.6 Å². The van der Waals surface area contributed by atoms with Crippen LogP contribution >= 0.6 is 0 Å². The summed E-state index contributed by atoms with van der Waals surface area (Å²) in [6.07, 6.45) is 4.45. The van der Waals surface area contributed by atoms with Crippen molar-refractivity contribution in [3.63, 3.8) is 0 Å². The lowest BCUT2D eigenvalue weighted by Crippen LogP contribution is -2.29. The summed E-state index contributed by atoms with van der Waals surface area (Å²) in [5.74, 6) is -1.20. The van der Waals surface area contributed by atoms with Gasteiger partial charge in [-0.25, -0.2) is 15.4 Å². The van der Waals surface area contributed by atoms with Crippen LogP contribution in [-0.2, 0) is 11.3 Å². The Labute approximate surface area is 139 Å². The molecule has 0 saturated heterocycles. The molecule has 2 aromatic rings. The van der Waals surface area contributed by atoms with E-state index in [-0.39, 0.29) is 17.2 Å². The lowest BCUT2D eigenvalue weighted by molar-refractivity contribution is 0.0801. The van der Waals surface area contributed by atoms with Gasteiger partial charge in [0.05, 0.1) is 17.9 Å². The first-order chi connectivity index (χ1) is 11.7. The first kappa shape index (κ1) is 16.0. The van der Waals surface area contributed by atoms with Gasteiger partial charge in [0.15, 0.2) is 5.82 Å². The van der Waals surface area contributed by atoms with Crippen LogP contribution in [-0.4, -0.2) is 28.1 Å². The van der Waals surface area contributed by atoms with E-state index in [0.717, 1.165) is 17.5 Å². The van der Waals surface area contributed by atoms with Crippen molar-refractivity contribution in [1.82, 2.24) is 9.97 Å². The molecule has 0 amide bonds. The van der Waals surface area contributed by atoms with Gasteiger partial charge in [0.25, 0.3) is 5.78 Å². The normalized spacial score (nSPS) is 13.1. The van der Waals surface area contributed by atoms with E-state index in [1.54, 1.807) is 13.0 Å². The van der Waals surface area contributed by atoms with E-state index >= 15 is 0 Å². The topological polar surface area (TPSA) is 81.2 Å². The van der Waals surface area contributed by atoms with Gasteiger partial charge in [0.1, 0.15) is 0 Å². The maximum Gasteiger partial charge on any atom is 0.270 e. The fourth-order valence-corrected chi connectivity index (χ4v) is 2.47. The van der Waals surface area contributed by atoms with Crippen LogP contribution in [0.2, 0.25) is 0 Å². The lowest BCUT2D eigenvalue weighted by Gasteiger charge is -2.17. The number of aromatic nitrogens is 2. The molecule has 2 bridgehead atoms. The van der Waals surface area contributed by atoms with Gasteiger partial charge in [0.2, 0.25) is 11.6 Å². The summed E-state index contributed by atoms with van der Waals surface area (Å²) < 4.78 is 0. The Morgan fingerprint density at radius 2 is 2.04 bits per heavy atom. The highest BCUT2D eigenvalue weighted by atomic mass is 16.6. The molecule has 0 fully saturated rings. The number of carbonyl (C=O) groups is 2. The Hall–Kier alpha value is -2.86. The third kappa shape index (κ3) is 2.83. The molecule has 1 N–H and O–H groups in total. The van der Waals surface area contributed by atoms with Crippen molar-refractivity contribution in [2.45, 2.75) is 20.3 Å². The summed E-state index contributed by atoms with van der Waals surface area (Å²) in [6.45, 7) is 4.26. The second-order valence-corrected chi connectivity index (χ2v) is 5.16. The first-order valence-corrected chi connectivity index (χ1v) is 7.71. The zero-order chi connectivity index (χ0) is 17.1. The minimum atomic E-state index is -0.688. The molecule has 1 radical (unpaired) electrons. The SMILES string of the molecule is CCONc1nc2nc(C=Cc3c[c]ccc3CC)c1C(=O)C2=O. The van der Waals surface area contributed by atoms with E-state index in [1.165, 1.54) is 0 Å². The van der Waals surface area contributed by atoms with Crippen molar-refractivity contribution in [2.24, 2.45) is 0 Å². The molecule has 121 valence electrons. The summed E-state index contributed by atoms with van der Waals surface area (Å²) in [5, 5.41) is 0. The van der Waals surface area contributed by atoms with E-state index in [9.17, 15) is 9.59 Å². The number of aryl methyl sites for hydroxylation is 1. The number of fused-ring (bicyclic) bond motifs is 3. The maximum absolute atomic E-state index is 12.2. The lowest BCUT2D eigenvalue weighted by atomic mass is 9.99. The third-order valence-electron chi connectivity index (χ3n) is 3.68. The molecule has 6 heteroatoms. The summed E-state index contributed by atoms with van der Waals surface area (Å²) >= 11 is 0. The third-order valence-corrected chi connectivity index (χ3v) is 3.68. The Kier molecular flexibility index (Phi) is 4.48. The van der Waals surface area contributed by atoms with Crippen LogP contribution in [0.1, 0.15) is 51.6 Å². The summed E-state index contributed by atoms with van der Waals surface area (Å²) in [4.78, 5) is 37.3. The van der Waals surface area contributed by atoms with Crippen molar-refractivity contribution in [1.29, 1.82) is 0 Å². The number of hydrogen-bond donors (Lipinski definition) is 1. The Bertz CT molecular complexity index is 843. The van der Waals surface area contributed by atoms with Crippen molar-refractivity contribution < 1.29 is 14.4 Å². The zero-order valence-corrected chi connectivity index (χ0v) is 13.4. The largest absolute Gasteiger partial charge is 0.284 e. The average molecular weight is 322 g/mol. The van der Waals surface area contributed by atoms with Gasteiger partial charge in [-0.2, -0.15) is 0 Å². The minimum Gasteiger partial charge on any atom is -0.284 e. The van der Waals surface area contributed by atoms with E-state index in [4.69, 9.17) is 4.84 Å². The molecule has 0 aliphatic carbocycles. The summed E-state index contributed by atoms with van der Waals surface area (Å²) in [5.41, 5.74) is 5.29. The summed E-state index contributed by atoms with van der Waals surface area (Å²) in [7, 11) is 0. The molecule has 0 saturated carbocycles. The Morgan fingerprint density at radius 1 is 1.21 bits per heavy atom. The molecule has 1 aromatic carbocycles. The predicted molar refractivity (Wildman–Crippen MR) is 89.5 cm³/mol. The summed E-state index contributed by atoms with van der Waals surface area (Å²) in [6, 6.07) is 8.76. The number of nitrogens with one attached hydrogen (secondary N) is 1. The molecule has 0 spiro atoms. The van der Waals surface area contributed by atoms with Gasteiger partial charge in [-0.3, -0.25) is 14.4 Å². The molecular weight excluding hydrogens is 306 g/mol. The zero-order valence-electron chi connectivity index (χ0n) is 13.4. The second-order valence-electron chi connectivity index (χ2n) is 5.16. The molecular formula is C18H16N3O3. The van der Waals surface area contributed by atoms with E-state index in [0.29, 0.717) is 12.3 Å². The number of anilines is 1. The molecule has 0 atom stereocenters. The molecule has 1 aromatic heterocycles. The minimum absolute atomic E-state index is 0.118. The highest BCUT2D eigenvalue weighted by Crippen LogP contribution is 2.26. The highest BCUT2D eigenvalue weighted by molar-refractivity contribution is 6.51. The van der Waals surface area contributed by atoms with Crippen LogP contribution in [0.3, 0.4) is 0 Å². The Balaban J connectivity index is 2.02.